The number of hydrogen-bond acceptors (Lipinski definition) is 6. The molecule has 8 nitrogen and oxygen atoms in total. The Morgan fingerprint density at radius 3 is 2.57 bits per heavy atom. The first kappa shape index (κ1) is 22.1. The van der Waals surface area contributed by atoms with E-state index in [1.54, 1.807) is 14.2 Å². The molecule has 2 heterocycles. The highest BCUT2D eigenvalue weighted by Gasteiger charge is 2.24. The third-order valence-electron chi connectivity index (χ3n) is 5.67. The van der Waals surface area contributed by atoms with E-state index in [4.69, 9.17) is 9.47 Å². The molecule has 1 aliphatic rings. The molecule has 0 fully saturated rings. The van der Waals surface area contributed by atoms with E-state index < -0.39 is 0 Å². The van der Waals surface area contributed by atoms with Crippen LogP contribution >= 0.6 is 0 Å². The first-order valence-corrected chi connectivity index (χ1v) is 10.5. The van der Waals surface area contributed by atoms with Crippen LogP contribution in [0.3, 0.4) is 0 Å². The van der Waals surface area contributed by atoms with Crippen LogP contribution in [-0.2, 0) is 24.3 Å². The van der Waals surface area contributed by atoms with Crippen LogP contribution in [0.25, 0.3) is 0 Å². The summed E-state index contributed by atoms with van der Waals surface area (Å²) in [6, 6.07) is 3.90. The number of carbonyl (C=O) groups excluding carboxylic acids is 1. The zero-order chi connectivity index (χ0) is 21.8. The topological polar surface area (TPSA) is 81.5 Å². The van der Waals surface area contributed by atoms with Crippen molar-refractivity contribution in [3.63, 3.8) is 0 Å². The monoisotopic (exact) mass is 415 g/mol. The van der Waals surface area contributed by atoms with Crippen LogP contribution in [-0.4, -0.2) is 52.9 Å². The van der Waals surface area contributed by atoms with Crippen LogP contribution in [0.2, 0.25) is 0 Å². The Hall–Kier alpha value is -2.61. The minimum absolute atomic E-state index is 0.0251. The highest BCUT2D eigenvalue weighted by molar-refractivity contribution is 5.78. The fraction of sp³-hybridized carbons (Fsp3) is 0.591. The van der Waals surface area contributed by atoms with Gasteiger partial charge in [0.15, 0.2) is 5.82 Å². The Morgan fingerprint density at radius 1 is 1.13 bits per heavy atom. The number of amides is 1. The lowest BCUT2D eigenvalue weighted by Crippen LogP contribution is -2.32. The van der Waals surface area contributed by atoms with Crippen molar-refractivity contribution >= 4 is 5.91 Å². The SMILES string of the molecule is COc1ccc(CN2CCc3nnc([C@H](C)NC(=O)C(C)C)n3CC2)c(OC)c1C. The van der Waals surface area contributed by atoms with Gasteiger partial charge in [0.05, 0.1) is 20.3 Å². The fourth-order valence-electron chi connectivity index (χ4n) is 3.91. The Morgan fingerprint density at radius 2 is 1.90 bits per heavy atom. The summed E-state index contributed by atoms with van der Waals surface area (Å²) in [5, 5.41) is 11.8. The maximum Gasteiger partial charge on any atom is 0.223 e. The van der Waals surface area contributed by atoms with Crippen LogP contribution in [0, 0.1) is 12.8 Å². The molecule has 1 atom stereocenters. The molecule has 0 bridgehead atoms. The van der Waals surface area contributed by atoms with Crippen molar-refractivity contribution in [1.29, 1.82) is 0 Å². The predicted octanol–water partition coefficient (Wildman–Crippen LogP) is 2.50. The molecule has 0 radical (unpaired) electrons. The Bertz CT molecular complexity index is 893. The van der Waals surface area contributed by atoms with Crippen LogP contribution in [0.5, 0.6) is 11.5 Å². The average Bonchev–Trinajstić information content (AvgIpc) is 3.03. The van der Waals surface area contributed by atoms with Gasteiger partial charge in [-0.15, -0.1) is 10.2 Å². The van der Waals surface area contributed by atoms with E-state index in [0.29, 0.717) is 0 Å². The van der Waals surface area contributed by atoms with Gasteiger partial charge in [0.2, 0.25) is 5.91 Å². The summed E-state index contributed by atoms with van der Waals surface area (Å²) in [5.74, 6) is 3.47. The van der Waals surface area contributed by atoms with Crippen molar-refractivity contribution in [2.24, 2.45) is 5.92 Å². The third kappa shape index (κ3) is 4.59. The first-order chi connectivity index (χ1) is 14.3. The first-order valence-electron chi connectivity index (χ1n) is 10.5. The highest BCUT2D eigenvalue weighted by Crippen LogP contribution is 2.32. The number of ether oxygens (including phenoxy) is 2. The lowest BCUT2D eigenvalue weighted by molar-refractivity contribution is -0.124. The molecular formula is C22H33N5O3. The summed E-state index contributed by atoms with van der Waals surface area (Å²) >= 11 is 0. The van der Waals surface area contributed by atoms with Gasteiger partial charge in [0.1, 0.15) is 17.3 Å². The second kappa shape index (κ2) is 9.47. The van der Waals surface area contributed by atoms with Crippen molar-refractivity contribution < 1.29 is 14.3 Å². The van der Waals surface area contributed by atoms with E-state index >= 15 is 0 Å². The maximum absolute atomic E-state index is 12.1. The number of benzene rings is 1. The van der Waals surface area contributed by atoms with Gasteiger partial charge in [-0.3, -0.25) is 9.69 Å². The number of carbonyl (C=O) groups is 1. The van der Waals surface area contributed by atoms with Gasteiger partial charge in [0.25, 0.3) is 0 Å². The Labute approximate surface area is 178 Å². The second-order valence-electron chi connectivity index (χ2n) is 8.12. The zero-order valence-corrected chi connectivity index (χ0v) is 18.9. The number of methoxy groups -OCH3 is 2. The summed E-state index contributed by atoms with van der Waals surface area (Å²) in [6.07, 6.45) is 0.815. The van der Waals surface area contributed by atoms with Crippen molar-refractivity contribution in [2.75, 3.05) is 27.3 Å². The van der Waals surface area contributed by atoms with Crippen LogP contribution in [0.1, 0.15) is 49.6 Å². The van der Waals surface area contributed by atoms with Gasteiger partial charge in [-0.2, -0.15) is 0 Å². The van der Waals surface area contributed by atoms with Gasteiger partial charge >= 0.3 is 0 Å². The molecule has 30 heavy (non-hydrogen) atoms. The highest BCUT2D eigenvalue weighted by atomic mass is 16.5. The summed E-state index contributed by atoms with van der Waals surface area (Å²) in [5.41, 5.74) is 2.16. The Balaban J connectivity index is 1.71. The number of nitrogens with zero attached hydrogens (tertiary/aromatic N) is 4. The minimum atomic E-state index is -0.169. The van der Waals surface area contributed by atoms with Crippen molar-refractivity contribution in [3.8, 4) is 11.5 Å². The maximum atomic E-state index is 12.1. The summed E-state index contributed by atoms with van der Waals surface area (Å²) in [4.78, 5) is 14.5. The van der Waals surface area contributed by atoms with Gasteiger partial charge in [-0.05, 0) is 19.9 Å². The summed E-state index contributed by atoms with van der Waals surface area (Å²) < 4.78 is 13.2. The molecule has 1 aromatic heterocycles. The van der Waals surface area contributed by atoms with Gasteiger partial charge in [0, 0.05) is 49.6 Å². The number of hydrogen-bond donors (Lipinski definition) is 1. The van der Waals surface area contributed by atoms with E-state index in [-0.39, 0.29) is 17.9 Å². The quantitative estimate of drug-likeness (QED) is 0.748. The lowest BCUT2D eigenvalue weighted by atomic mass is 10.1. The zero-order valence-electron chi connectivity index (χ0n) is 18.9. The third-order valence-corrected chi connectivity index (χ3v) is 5.67. The molecule has 2 aromatic rings. The second-order valence-corrected chi connectivity index (χ2v) is 8.12. The van der Waals surface area contributed by atoms with Crippen molar-refractivity contribution in [3.05, 3.63) is 34.9 Å². The summed E-state index contributed by atoms with van der Waals surface area (Å²) in [6.45, 7) is 11.1. The molecule has 1 N–H and O–H groups in total. The molecule has 1 aromatic carbocycles. The molecule has 164 valence electrons. The molecule has 8 heteroatoms. The molecule has 0 saturated carbocycles. The van der Waals surface area contributed by atoms with E-state index in [2.05, 4.69) is 31.0 Å². The Kier molecular flexibility index (Phi) is 6.97. The predicted molar refractivity (Wildman–Crippen MR) is 115 cm³/mol. The largest absolute Gasteiger partial charge is 0.496 e. The molecule has 1 amide bonds. The minimum Gasteiger partial charge on any atom is -0.496 e. The smallest absolute Gasteiger partial charge is 0.223 e. The standard InChI is InChI=1S/C22H33N5O3/c1-14(2)22(28)23-16(4)21-25-24-19-9-10-26(11-12-27(19)21)13-17-7-8-18(29-5)15(3)20(17)30-6/h7-8,14,16H,9-13H2,1-6H3,(H,23,28)/t16-/m0/s1. The molecular weight excluding hydrogens is 382 g/mol. The van der Waals surface area contributed by atoms with E-state index in [1.165, 1.54) is 0 Å². The molecule has 1 aliphatic heterocycles. The van der Waals surface area contributed by atoms with Crippen LogP contribution in [0.15, 0.2) is 12.1 Å². The van der Waals surface area contributed by atoms with E-state index in [0.717, 1.165) is 66.9 Å². The lowest BCUT2D eigenvalue weighted by Gasteiger charge is -2.22. The van der Waals surface area contributed by atoms with Crippen LogP contribution in [0.4, 0.5) is 0 Å². The van der Waals surface area contributed by atoms with Gasteiger partial charge in [-0.1, -0.05) is 19.9 Å². The molecule has 0 unspecified atom stereocenters. The normalized spacial score (nSPS) is 15.4. The van der Waals surface area contributed by atoms with Crippen LogP contribution < -0.4 is 14.8 Å². The molecule has 0 aliphatic carbocycles. The molecule has 0 spiro atoms. The average molecular weight is 416 g/mol. The van der Waals surface area contributed by atoms with E-state index in [9.17, 15) is 4.79 Å². The van der Waals surface area contributed by atoms with Crippen molar-refractivity contribution in [1.82, 2.24) is 25.0 Å². The number of fused-ring (bicyclic) bond motifs is 1. The number of nitrogens with one attached hydrogen (secondary N) is 1. The number of aromatic nitrogens is 3. The number of rotatable bonds is 7. The van der Waals surface area contributed by atoms with Gasteiger partial charge < -0.3 is 19.4 Å². The van der Waals surface area contributed by atoms with Crippen molar-refractivity contribution in [2.45, 2.75) is 53.2 Å². The summed E-state index contributed by atoms with van der Waals surface area (Å²) in [7, 11) is 3.38. The fourth-order valence-corrected chi connectivity index (χ4v) is 3.91. The van der Waals surface area contributed by atoms with E-state index in [1.807, 2.05) is 33.8 Å². The molecule has 3 rings (SSSR count). The van der Waals surface area contributed by atoms with Gasteiger partial charge in [-0.25, -0.2) is 0 Å². The molecule has 0 saturated heterocycles.